The average molecular weight is 194 g/mol. The molecule has 1 rings (SSSR count). The predicted molar refractivity (Wildman–Crippen MR) is 54.4 cm³/mol. The van der Waals surface area contributed by atoms with Crippen molar-refractivity contribution >= 4 is 5.91 Å². The molecule has 0 atom stereocenters. The first-order chi connectivity index (χ1) is 6.74. The van der Waals surface area contributed by atoms with E-state index in [0.717, 1.165) is 12.3 Å². The molecule has 1 fully saturated rings. The van der Waals surface area contributed by atoms with Crippen molar-refractivity contribution in [3.8, 4) is 6.07 Å². The summed E-state index contributed by atoms with van der Waals surface area (Å²) in [5.74, 6) is 0.868. The third-order valence-electron chi connectivity index (χ3n) is 2.97. The zero-order valence-electron chi connectivity index (χ0n) is 8.83. The van der Waals surface area contributed by atoms with Crippen LogP contribution in [0.1, 0.15) is 38.5 Å². The van der Waals surface area contributed by atoms with E-state index in [2.05, 4.69) is 0 Å². The van der Waals surface area contributed by atoms with Gasteiger partial charge in [-0.2, -0.15) is 5.26 Å². The van der Waals surface area contributed by atoms with E-state index >= 15 is 0 Å². The number of nitriles is 1. The van der Waals surface area contributed by atoms with Crippen LogP contribution in [0.5, 0.6) is 0 Å². The standard InChI is InChI=1S/C11H18N2O/c1-13(9-8-12)11(14)7-6-10-4-2-3-5-10/h10H,2-7,9H2,1H3. The van der Waals surface area contributed by atoms with Crippen LogP contribution < -0.4 is 0 Å². The maximum atomic E-state index is 11.5. The highest BCUT2D eigenvalue weighted by atomic mass is 16.2. The first-order valence-electron chi connectivity index (χ1n) is 5.35. The molecule has 0 aromatic carbocycles. The van der Waals surface area contributed by atoms with E-state index in [-0.39, 0.29) is 12.5 Å². The van der Waals surface area contributed by atoms with Gasteiger partial charge in [0.2, 0.25) is 5.91 Å². The molecule has 0 aromatic rings. The second-order valence-electron chi connectivity index (χ2n) is 4.10. The number of hydrogen-bond acceptors (Lipinski definition) is 2. The summed E-state index contributed by atoms with van der Waals surface area (Å²) in [7, 11) is 1.69. The Bertz CT molecular complexity index is 226. The third-order valence-corrected chi connectivity index (χ3v) is 2.97. The molecule has 3 nitrogen and oxygen atoms in total. The highest BCUT2D eigenvalue weighted by Crippen LogP contribution is 2.28. The van der Waals surface area contributed by atoms with E-state index in [1.807, 2.05) is 6.07 Å². The Balaban J connectivity index is 2.17. The highest BCUT2D eigenvalue weighted by molar-refractivity contribution is 5.76. The molecule has 78 valence electrons. The summed E-state index contributed by atoms with van der Waals surface area (Å²) >= 11 is 0. The van der Waals surface area contributed by atoms with Crippen molar-refractivity contribution in [1.82, 2.24) is 4.90 Å². The van der Waals surface area contributed by atoms with E-state index in [1.54, 1.807) is 7.05 Å². The SMILES string of the molecule is CN(CC#N)C(=O)CCC1CCCC1. The minimum absolute atomic E-state index is 0.110. The van der Waals surface area contributed by atoms with Gasteiger partial charge < -0.3 is 4.90 Å². The number of carbonyl (C=O) groups excluding carboxylic acids is 1. The molecule has 0 saturated heterocycles. The minimum Gasteiger partial charge on any atom is -0.332 e. The maximum Gasteiger partial charge on any atom is 0.223 e. The largest absolute Gasteiger partial charge is 0.332 e. The Morgan fingerprint density at radius 1 is 1.50 bits per heavy atom. The minimum atomic E-state index is 0.110. The van der Waals surface area contributed by atoms with Crippen molar-refractivity contribution in [3.63, 3.8) is 0 Å². The van der Waals surface area contributed by atoms with E-state index < -0.39 is 0 Å². The topological polar surface area (TPSA) is 44.1 Å². The molecular formula is C11H18N2O. The van der Waals surface area contributed by atoms with Crippen LogP contribution in [0.15, 0.2) is 0 Å². The van der Waals surface area contributed by atoms with Crippen LogP contribution in [0.3, 0.4) is 0 Å². The van der Waals surface area contributed by atoms with E-state index in [1.165, 1.54) is 30.6 Å². The number of rotatable bonds is 4. The molecule has 1 aliphatic carbocycles. The second kappa shape index (κ2) is 5.64. The fraction of sp³-hybridized carbons (Fsp3) is 0.818. The van der Waals surface area contributed by atoms with Gasteiger partial charge in [0.15, 0.2) is 0 Å². The third kappa shape index (κ3) is 3.37. The zero-order valence-corrected chi connectivity index (χ0v) is 8.83. The van der Waals surface area contributed by atoms with E-state index in [0.29, 0.717) is 6.42 Å². The average Bonchev–Trinajstić information content (AvgIpc) is 2.67. The van der Waals surface area contributed by atoms with Crippen molar-refractivity contribution in [3.05, 3.63) is 0 Å². The second-order valence-corrected chi connectivity index (χ2v) is 4.10. The van der Waals surface area contributed by atoms with Crippen LogP contribution in [0.4, 0.5) is 0 Å². The number of hydrogen-bond donors (Lipinski definition) is 0. The normalized spacial score (nSPS) is 16.6. The lowest BCUT2D eigenvalue weighted by Gasteiger charge is -2.14. The molecular weight excluding hydrogens is 176 g/mol. The molecule has 1 saturated carbocycles. The summed E-state index contributed by atoms with van der Waals surface area (Å²) in [6.07, 6.45) is 6.85. The molecule has 3 heteroatoms. The summed E-state index contributed by atoms with van der Waals surface area (Å²) in [5.41, 5.74) is 0. The van der Waals surface area contributed by atoms with Crippen molar-refractivity contribution in [2.24, 2.45) is 5.92 Å². The Kier molecular flexibility index (Phi) is 4.45. The Labute approximate surface area is 85.7 Å². The van der Waals surface area contributed by atoms with Gasteiger partial charge in [-0.05, 0) is 12.3 Å². The smallest absolute Gasteiger partial charge is 0.223 e. The molecule has 0 radical (unpaired) electrons. The molecule has 0 heterocycles. The molecule has 0 aromatic heterocycles. The quantitative estimate of drug-likeness (QED) is 0.642. The van der Waals surface area contributed by atoms with Crippen LogP contribution in [0, 0.1) is 17.2 Å². The van der Waals surface area contributed by atoms with Crippen molar-refractivity contribution in [2.75, 3.05) is 13.6 Å². The molecule has 0 bridgehead atoms. The fourth-order valence-corrected chi connectivity index (χ4v) is 2.01. The van der Waals surface area contributed by atoms with Gasteiger partial charge in [0, 0.05) is 13.5 Å². The van der Waals surface area contributed by atoms with Gasteiger partial charge >= 0.3 is 0 Å². The molecule has 0 aliphatic heterocycles. The van der Waals surface area contributed by atoms with Gasteiger partial charge in [-0.15, -0.1) is 0 Å². The number of amides is 1. The summed E-state index contributed by atoms with van der Waals surface area (Å²) < 4.78 is 0. The van der Waals surface area contributed by atoms with Crippen molar-refractivity contribution in [2.45, 2.75) is 38.5 Å². The lowest BCUT2D eigenvalue weighted by Crippen LogP contribution is -2.27. The molecule has 0 N–H and O–H groups in total. The van der Waals surface area contributed by atoms with Gasteiger partial charge in [-0.25, -0.2) is 0 Å². The van der Waals surface area contributed by atoms with Gasteiger partial charge in [0.1, 0.15) is 6.54 Å². The molecule has 1 aliphatic rings. The first kappa shape index (κ1) is 11.0. The van der Waals surface area contributed by atoms with Gasteiger partial charge in [0.05, 0.1) is 6.07 Å². The van der Waals surface area contributed by atoms with E-state index in [4.69, 9.17) is 5.26 Å². The molecule has 14 heavy (non-hydrogen) atoms. The highest BCUT2D eigenvalue weighted by Gasteiger charge is 2.17. The maximum absolute atomic E-state index is 11.5. The Morgan fingerprint density at radius 2 is 2.14 bits per heavy atom. The molecule has 1 amide bonds. The summed E-state index contributed by atoms with van der Waals surface area (Å²) in [6.45, 7) is 0.212. The Hall–Kier alpha value is -1.04. The van der Waals surface area contributed by atoms with Crippen LogP contribution in [-0.4, -0.2) is 24.4 Å². The van der Waals surface area contributed by atoms with Crippen LogP contribution in [0.2, 0.25) is 0 Å². The fourth-order valence-electron chi connectivity index (χ4n) is 2.01. The van der Waals surface area contributed by atoms with E-state index in [9.17, 15) is 4.79 Å². The number of carbonyl (C=O) groups is 1. The predicted octanol–water partition coefficient (Wildman–Crippen LogP) is 1.94. The van der Waals surface area contributed by atoms with Crippen molar-refractivity contribution in [1.29, 1.82) is 5.26 Å². The van der Waals surface area contributed by atoms with Gasteiger partial charge in [-0.1, -0.05) is 25.7 Å². The summed E-state index contributed by atoms with van der Waals surface area (Å²) in [4.78, 5) is 13.0. The van der Waals surface area contributed by atoms with Gasteiger partial charge in [-0.3, -0.25) is 4.79 Å². The van der Waals surface area contributed by atoms with Crippen LogP contribution >= 0.6 is 0 Å². The monoisotopic (exact) mass is 194 g/mol. The van der Waals surface area contributed by atoms with Crippen LogP contribution in [-0.2, 0) is 4.79 Å². The van der Waals surface area contributed by atoms with Crippen LogP contribution in [0.25, 0.3) is 0 Å². The lowest BCUT2D eigenvalue weighted by molar-refractivity contribution is -0.129. The lowest BCUT2D eigenvalue weighted by atomic mass is 10.0. The zero-order chi connectivity index (χ0) is 10.4. The number of nitrogens with zero attached hydrogens (tertiary/aromatic N) is 2. The Morgan fingerprint density at radius 3 is 2.71 bits per heavy atom. The first-order valence-corrected chi connectivity index (χ1v) is 5.35. The summed E-state index contributed by atoms with van der Waals surface area (Å²) in [5, 5.41) is 8.42. The van der Waals surface area contributed by atoms with Gasteiger partial charge in [0.25, 0.3) is 0 Å². The molecule has 0 unspecified atom stereocenters. The summed E-state index contributed by atoms with van der Waals surface area (Å²) in [6, 6.07) is 1.98. The molecule has 0 spiro atoms. The van der Waals surface area contributed by atoms with Crippen molar-refractivity contribution < 1.29 is 4.79 Å².